The van der Waals surface area contributed by atoms with Crippen LogP contribution in [0, 0.1) is 5.41 Å². The van der Waals surface area contributed by atoms with Crippen LogP contribution in [0.4, 0.5) is 5.69 Å². The highest BCUT2D eigenvalue weighted by molar-refractivity contribution is 7.85. The number of rotatable bonds is 6. The van der Waals surface area contributed by atoms with Crippen molar-refractivity contribution in [1.82, 2.24) is 9.88 Å². The van der Waals surface area contributed by atoms with Crippen LogP contribution in [-0.4, -0.2) is 54.1 Å². The van der Waals surface area contributed by atoms with Gasteiger partial charge in [0.25, 0.3) is 16.0 Å². The molecule has 7 nitrogen and oxygen atoms in total. The molecule has 0 saturated heterocycles. The van der Waals surface area contributed by atoms with E-state index in [0.29, 0.717) is 17.4 Å². The van der Waals surface area contributed by atoms with Gasteiger partial charge in [0, 0.05) is 53.5 Å². The van der Waals surface area contributed by atoms with Gasteiger partial charge in [-0.15, -0.1) is 0 Å². The summed E-state index contributed by atoms with van der Waals surface area (Å²) in [6.07, 6.45) is 5.97. The highest BCUT2D eigenvalue weighted by atomic mass is 32.2. The van der Waals surface area contributed by atoms with Crippen molar-refractivity contribution in [3.8, 4) is 0 Å². The number of H-pyrrole nitrogens is 1. The molecule has 0 radical (unpaired) electrons. The fraction of sp³-hybridized carbons (Fsp3) is 0.393. The number of aromatic nitrogens is 1. The minimum atomic E-state index is -3.67. The van der Waals surface area contributed by atoms with Crippen molar-refractivity contribution in [3.63, 3.8) is 0 Å². The summed E-state index contributed by atoms with van der Waals surface area (Å²) in [4.78, 5) is 18.4. The predicted molar refractivity (Wildman–Crippen MR) is 148 cm³/mol. The molecule has 0 atom stereocenters. The third-order valence-corrected chi connectivity index (χ3v) is 6.70. The van der Waals surface area contributed by atoms with E-state index in [-0.39, 0.29) is 11.7 Å². The number of anilines is 1. The van der Waals surface area contributed by atoms with E-state index in [9.17, 15) is 13.2 Å². The van der Waals surface area contributed by atoms with Gasteiger partial charge in [0.2, 0.25) is 0 Å². The molecule has 0 saturated carbocycles. The van der Waals surface area contributed by atoms with Crippen molar-refractivity contribution in [2.75, 3.05) is 30.7 Å². The van der Waals surface area contributed by atoms with Crippen LogP contribution in [-0.2, 0) is 10.1 Å². The van der Waals surface area contributed by atoms with E-state index in [1.54, 1.807) is 6.92 Å². The van der Waals surface area contributed by atoms with Gasteiger partial charge in [-0.1, -0.05) is 52.0 Å². The number of hydrogen-bond donors (Lipinski definition) is 3. The summed E-state index contributed by atoms with van der Waals surface area (Å²) in [6.45, 7) is 11.7. The molecule has 0 fully saturated rings. The first-order valence-corrected chi connectivity index (χ1v) is 13.9. The highest BCUT2D eigenvalue weighted by Crippen LogP contribution is 2.31. The van der Waals surface area contributed by atoms with Crippen molar-refractivity contribution < 1.29 is 17.8 Å². The Morgan fingerprint density at radius 1 is 1.14 bits per heavy atom. The largest absolute Gasteiger partial charge is 0.361 e. The van der Waals surface area contributed by atoms with Crippen molar-refractivity contribution in [2.45, 2.75) is 40.5 Å². The molecular weight excluding hydrogens is 474 g/mol. The molecule has 3 aromatic rings. The number of hydrogen-bond acceptors (Lipinski definition) is 4. The minimum Gasteiger partial charge on any atom is -0.361 e. The zero-order chi connectivity index (χ0) is 26.3. The summed E-state index contributed by atoms with van der Waals surface area (Å²) in [5, 5.41) is 4.18. The molecule has 0 spiro atoms. The maximum Gasteiger partial charge on any atom is 0.264 e. The van der Waals surface area contributed by atoms with Gasteiger partial charge in [-0.3, -0.25) is 14.2 Å². The zero-order valence-corrected chi connectivity index (χ0v) is 22.4. The standard InChI is InChI=1S/C25H29N3O.C3H8O3S/c1-25(2,3)17-28-13-11-18(12-14-28)22-16-26-23-10-9-20(15-21(22)23)27-24(29)19-7-5-4-6-8-19;1-2-3-7(4,5)6/h4-11,15-16,26H,12-14,17H2,1-3H3,(H,27,29);2-3H2,1H3,(H,4,5,6). The van der Waals surface area contributed by atoms with E-state index in [1.165, 1.54) is 11.1 Å². The topological polar surface area (TPSA) is 103 Å². The van der Waals surface area contributed by atoms with Crippen molar-refractivity contribution in [1.29, 1.82) is 0 Å². The van der Waals surface area contributed by atoms with Crippen molar-refractivity contribution in [3.05, 3.63) is 71.9 Å². The van der Waals surface area contributed by atoms with Crippen LogP contribution in [0.3, 0.4) is 0 Å². The number of aromatic amines is 1. The van der Waals surface area contributed by atoms with Gasteiger partial charge >= 0.3 is 0 Å². The van der Waals surface area contributed by atoms with Gasteiger partial charge in [0.15, 0.2) is 0 Å². The van der Waals surface area contributed by atoms with Gasteiger partial charge in [-0.2, -0.15) is 8.42 Å². The van der Waals surface area contributed by atoms with Crippen LogP contribution in [0.2, 0.25) is 0 Å². The predicted octanol–water partition coefficient (Wildman–Crippen LogP) is 5.84. The Morgan fingerprint density at radius 3 is 2.42 bits per heavy atom. The van der Waals surface area contributed by atoms with E-state index in [2.05, 4.69) is 54.3 Å². The SMILES string of the molecule is CC(C)(C)CN1CC=C(c2c[nH]c3ccc(NC(=O)c4ccccc4)cc23)CC1.CCCS(=O)(=O)O. The number of fused-ring (bicyclic) bond motifs is 1. The molecule has 0 aliphatic carbocycles. The van der Waals surface area contributed by atoms with Gasteiger partial charge in [-0.25, -0.2) is 0 Å². The Balaban J connectivity index is 0.000000454. The Kier molecular flexibility index (Phi) is 9.11. The Hall–Kier alpha value is -2.94. The number of carbonyl (C=O) groups is 1. The third kappa shape index (κ3) is 8.33. The van der Waals surface area contributed by atoms with Gasteiger partial charge < -0.3 is 10.3 Å². The number of nitrogens with one attached hydrogen (secondary N) is 2. The second kappa shape index (κ2) is 11.9. The molecule has 0 bridgehead atoms. The summed E-state index contributed by atoms with van der Waals surface area (Å²) in [7, 11) is -3.67. The molecule has 1 aromatic heterocycles. The molecule has 194 valence electrons. The van der Waals surface area contributed by atoms with Crippen LogP contribution in [0.1, 0.15) is 56.5 Å². The lowest BCUT2D eigenvalue weighted by Gasteiger charge is -2.32. The lowest BCUT2D eigenvalue weighted by Crippen LogP contribution is -2.35. The van der Waals surface area contributed by atoms with E-state index >= 15 is 0 Å². The summed E-state index contributed by atoms with van der Waals surface area (Å²) in [5.41, 5.74) is 5.52. The van der Waals surface area contributed by atoms with Crippen LogP contribution in [0.25, 0.3) is 16.5 Å². The number of carbonyl (C=O) groups excluding carboxylic acids is 1. The molecule has 0 unspecified atom stereocenters. The molecule has 36 heavy (non-hydrogen) atoms. The molecular formula is C28H37N3O4S. The van der Waals surface area contributed by atoms with E-state index in [1.807, 2.05) is 42.5 Å². The van der Waals surface area contributed by atoms with Gasteiger partial charge in [0.05, 0.1) is 5.75 Å². The monoisotopic (exact) mass is 511 g/mol. The maximum atomic E-state index is 12.5. The maximum absolute atomic E-state index is 12.5. The second-order valence-electron chi connectivity index (χ2n) is 10.3. The molecule has 4 rings (SSSR count). The fourth-order valence-corrected chi connectivity index (χ4v) is 4.80. The summed E-state index contributed by atoms with van der Waals surface area (Å²) in [6, 6.07) is 15.4. The van der Waals surface area contributed by atoms with Gasteiger partial charge in [0.1, 0.15) is 0 Å². The zero-order valence-electron chi connectivity index (χ0n) is 21.5. The normalized spacial score (nSPS) is 14.6. The van der Waals surface area contributed by atoms with E-state index < -0.39 is 10.1 Å². The minimum absolute atomic E-state index is 0.0864. The van der Waals surface area contributed by atoms with Crippen LogP contribution < -0.4 is 5.32 Å². The lowest BCUT2D eigenvalue weighted by atomic mass is 9.93. The van der Waals surface area contributed by atoms with Crippen LogP contribution in [0.15, 0.2) is 60.8 Å². The summed E-state index contributed by atoms with van der Waals surface area (Å²) in [5.74, 6) is -0.218. The Bertz CT molecular complexity index is 1310. The Morgan fingerprint density at radius 2 is 1.86 bits per heavy atom. The fourth-order valence-electron chi connectivity index (χ4n) is 4.29. The average Bonchev–Trinajstić information content (AvgIpc) is 3.22. The molecule has 1 amide bonds. The van der Waals surface area contributed by atoms with Crippen LogP contribution >= 0.6 is 0 Å². The number of benzene rings is 2. The molecule has 3 N–H and O–H groups in total. The first-order chi connectivity index (χ1) is 16.9. The highest BCUT2D eigenvalue weighted by Gasteiger charge is 2.20. The van der Waals surface area contributed by atoms with E-state index in [0.717, 1.165) is 42.6 Å². The molecule has 2 aromatic carbocycles. The molecule has 1 aliphatic rings. The van der Waals surface area contributed by atoms with Crippen LogP contribution in [0.5, 0.6) is 0 Å². The lowest BCUT2D eigenvalue weighted by molar-refractivity contribution is 0.102. The second-order valence-corrected chi connectivity index (χ2v) is 11.9. The summed E-state index contributed by atoms with van der Waals surface area (Å²) >= 11 is 0. The molecule has 8 heteroatoms. The summed E-state index contributed by atoms with van der Waals surface area (Å²) < 4.78 is 27.6. The van der Waals surface area contributed by atoms with E-state index in [4.69, 9.17) is 4.55 Å². The quantitative estimate of drug-likeness (QED) is 0.361. The van der Waals surface area contributed by atoms with Crippen molar-refractivity contribution >= 4 is 38.2 Å². The average molecular weight is 512 g/mol. The Labute approximate surface area is 214 Å². The third-order valence-electron chi connectivity index (χ3n) is 5.77. The van der Waals surface area contributed by atoms with Gasteiger partial charge in [-0.05, 0) is 54.2 Å². The smallest absolute Gasteiger partial charge is 0.264 e. The molecule has 2 heterocycles. The number of amides is 1. The first-order valence-electron chi connectivity index (χ1n) is 12.3. The van der Waals surface area contributed by atoms with Crippen molar-refractivity contribution in [2.24, 2.45) is 5.41 Å². The molecule has 1 aliphatic heterocycles. The number of nitrogens with zero attached hydrogens (tertiary/aromatic N) is 1. The first kappa shape index (κ1) is 27.6.